The minimum absolute atomic E-state index is 0.146. The Morgan fingerprint density at radius 2 is 1.68 bits per heavy atom. The van der Waals surface area contributed by atoms with E-state index in [1.54, 1.807) is 6.07 Å². The van der Waals surface area contributed by atoms with Crippen LogP contribution < -0.4 is 14.5 Å². The maximum absolute atomic E-state index is 14.5. The van der Waals surface area contributed by atoms with Crippen LogP contribution in [0.15, 0.2) is 42.5 Å². The van der Waals surface area contributed by atoms with E-state index in [0.29, 0.717) is 12.3 Å². The Bertz CT molecular complexity index is 847. The van der Waals surface area contributed by atoms with Crippen LogP contribution in [0.2, 0.25) is 18.1 Å². The van der Waals surface area contributed by atoms with Crippen LogP contribution in [0.25, 0.3) is 0 Å². The topological polar surface area (TPSA) is 43.0 Å². The van der Waals surface area contributed by atoms with E-state index in [1.165, 1.54) is 6.07 Å². The van der Waals surface area contributed by atoms with Crippen molar-refractivity contribution in [1.82, 2.24) is 4.90 Å². The quantitative estimate of drug-likeness (QED) is 0.530. The summed E-state index contributed by atoms with van der Waals surface area (Å²) in [7, 11) is -1.87. The molecular formula is C24H35FN2O3Si. The van der Waals surface area contributed by atoms with Crippen LogP contribution in [0, 0.1) is 5.82 Å². The van der Waals surface area contributed by atoms with Crippen molar-refractivity contribution in [2.75, 3.05) is 44.8 Å². The summed E-state index contributed by atoms with van der Waals surface area (Å²) in [4.78, 5) is 2.26. The standard InChI is InChI=1S/C24H35FN2O3Si/c1-24(2,3)31(4,5)30-21-9-6-19(7-10-21)26-20-8-11-23(22(25)18-20)29-17-14-27-12-15-28-16-13-27/h6-11,18,26H,12-17H2,1-5H3. The molecule has 1 fully saturated rings. The van der Waals surface area contributed by atoms with Crippen molar-refractivity contribution in [1.29, 1.82) is 0 Å². The first-order chi connectivity index (χ1) is 14.6. The summed E-state index contributed by atoms with van der Waals surface area (Å²) < 4.78 is 31.7. The number of nitrogens with one attached hydrogen (secondary N) is 1. The normalized spacial score (nSPS) is 15.5. The van der Waals surface area contributed by atoms with Crippen molar-refractivity contribution in [2.24, 2.45) is 0 Å². The van der Waals surface area contributed by atoms with E-state index in [1.807, 2.05) is 30.3 Å². The van der Waals surface area contributed by atoms with Crippen LogP contribution in [0.3, 0.4) is 0 Å². The second kappa shape index (κ2) is 10.0. The zero-order valence-corrected chi connectivity index (χ0v) is 20.3. The minimum Gasteiger partial charge on any atom is -0.544 e. The van der Waals surface area contributed by atoms with E-state index >= 15 is 0 Å². The summed E-state index contributed by atoms with van der Waals surface area (Å²) in [6.07, 6.45) is 0. The number of ether oxygens (including phenoxy) is 2. The summed E-state index contributed by atoms with van der Waals surface area (Å²) in [6.45, 7) is 15.6. The van der Waals surface area contributed by atoms with E-state index in [2.05, 4.69) is 44.1 Å². The maximum atomic E-state index is 14.5. The lowest BCUT2D eigenvalue weighted by molar-refractivity contribution is 0.0320. The number of nitrogens with zero attached hydrogens (tertiary/aromatic N) is 1. The molecule has 7 heteroatoms. The smallest absolute Gasteiger partial charge is 0.250 e. The lowest BCUT2D eigenvalue weighted by atomic mass is 10.2. The molecule has 0 radical (unpaired) electrons. The molecule has 1 aliphatic heterocycles. The Morgan fingerprint density at radius 3 is 2.29 bits per heavy atom. The van der Waals surface area contributed by atoms with Crippen LogP contribution >= 0.6 is 0 Å². The van der Waals surface area contributed by atoms with Crippen LogP contribution in [0.5, 0.6) is 11.5 Å². The van der Waals surface area contributed by atoms with Crippen molar-refractivity contribution in [3.63, 3.8) is 0 Å². The van der Waals surface area contributed by atoms with Gasteiger partial charge >= 0.3 is 0 Å². The number of hydrogen-bond acceptors (Lipinski definition) is 5. The fraction of sp³-hybridized carbons (Fsp3) is 0.500. The number of halogens is 1. The lowest BCUT2D eigenvalue weighted by Gasteiger charge is -2.36. The van der Waals surface area contributed by atoms with Crippen molar-refractivity contribution in [2.45, 2.75) is 38.9 Å². The monoisotopic (exact) mass is 446 g/mol. The molecular weight excluding hydrogens is 411 g/mol. The molecule has 1 N–H and O–H groups in total. The molecule has 1 heterocycles. The first-order valence-electron chi connectivity index (χ1n) is 10.9. The zero-order chi connectivity index (χ0) is 22.5. The van der Waals surface area contributed by atoms with Crippen LogP contribution in [0.4, 0.5) is 15.8 Å². The van der Waals surface area contributed by atoms with Gasteiger partial charge in [-0.25, -0.2) is 4.39 Å². The van der Waals surface area contributed by atoms with Gasteiger partial charge in [-0.15, -0.1) is 0 Å². The molecule has 0 amide bonds. The van der Waals surface area contributed by atoms with Gasteiger partial charge in [0, 0.05) is 37.1 Å². The van der Waals surface area contributed by atoms with E-state index in [9.17, 15) is 4.39 Å². The molecule has 0 unspecified atom stereocenters. The summed E-state index contributed by atoms with van der Waals surface area (Å²) in [5.41, 5.74) is 1.55. The number of rotatable bonds is 8. The van der Waals surface area contributed by atoms with Gasteiger partial charge in [0.2, 0.25) is 8.32 Å². The van der Waals surface area contributed by atoms with Gasteiger partial charge < -0.3 is 19.2 Å². The van der Waals surface area contributed by atoms with Gasteiger partial charge in [0.1, 0.15) is 12.4 Å². The SMILES string of the molecule is CC(C)(C)[Si](C)(C)Oc1ccc(Nc2ccc(OCCN3CCOCC3)c(F)c2)cc1. The van der Waals surface area contributed by atoms with Crippen molar-refractivity contribution in [3.05, 3.63) is 48.3 Å². The van der Waals surface area contributed by atoms with Crippen molar-refractivity contribution in [3.8, 4) is 11.5 Å². The summed E-state index contributed by atoms with van der Waals surface area (Å²) in [6, 6.07) is 12.8. The molecule has 2 aromatic carbocycles. The second-order valence-electron chi connectivity index (χ2n) is 9.46. The fourth-order valence-electron chi connectivity index (χ4n) is 3.03. The average molecular weight is 447 g/mol. The highest BCUT2D eigenvalue weighted by Crippen LogP contribution is 2.37. The van der Waals surface area contributed by atoms with Crippen LogP contribution in [0.1, 0.15) is 20.8 Å². The first kappa shape index (κ1) is 23.6. The third-order valence-corrected chi connectivity index (χ3v) is 10.4. The Hall–Kier alpha value is -2.09. The highest BCUT2D eigenvalue weighted by atomic mass is 28.4. The van der Waals surface area contributed by atoms with E-state index < -0.39 is 8.32 Å². The van der Waals surface area contributed by atoms with E-state index in [0.717, 1.165) is 44.3 Å². The lowest BCUT2D eigenvalue weighted by Crippen LogP contribution is -2.43. The third kappa shape index (κ3) is 6.69. The van der Waals surface area contributed by atoms with Gasteiger partial charge in [0.15, 0.2) is 11.6 Å². The molecule has 1 saturated heterocycles. The van der Waals surface area contributed by atoms with Crippen molar-refractivity contribution >= 4 is 19.7 Å². The second-order valence-corrected chi connectivity index (χ2v) is 14.2. The highest BCUT2D eigenvalue weighted by molar-refractivity contribution is 6.74. The van der Waals surface area contributed by atoms with Gasteiger partial charge in [0.25, 0.3) is 0 Å². The largest absolute Gasteiger partial charge is 0.544 e. The summed E-state index contributed by atoms with van der Waals surface area (Å²) >= 11 is 0. The summed E-state index contributed by atoms with van der Waals surface area (Å²) in [5, 5.41) is 3.38. The Kier molecular flexibility index (Phi) is 7.62. The van der Waals surface area contributed by atoms with Crippen molar-refractivity contribution < 1.29 is 18.3 Å². The fourth-order valence-corrected chi connectivity index (χ4v) is 4.06. The van der Waals surface area contributed by atoms with Gasteiger partial charge in [-0.05, 0) is 54.5 Å². The third-order valence-electron chi connectivity index (χ3n) is 6.02. The molecule has 0 aliphatic carbocycles. The van der Waals surface area contributed by atoms with Crippen LogP contribution in [-0.4, -0.2) is 52.7 Å². The number of anilines is 2. The highest BCUT2D eigenvalue weighted by Gasteiger charge is 2.38. The van der Waals surface area contributed by atoms with Gasteiger partial charge in [-0.2, -0.15) is 0 Å². The van der Waals surface area contributed by atoms with Gasteiger partial charge in [-0.1, -0.05) is 20.8 Å². The molecule has 3 rings (SSSR count). The minimum atomic E-state index is -1.87. The average Bonchev–Trinajstić information content (AvgIpc) is 2.71. The predicted molar refractivity (Wildman–Crippen MR) is 127 cm³/mol. The Morgan fingerprint density at radius 1 is 1.03 bits per heavy atom. The molecule has 2 aromatic rings. The van der Waals surface area contributed by atoms with Crippen LogP contribution in [-0.2, 0) is 4.74 Å². The first-order valence-corrected chi connectivity index (χ1v) is 13.8. The molecule has 0 bridgehead atoms. The predicted octanol–water partition coefficient (Wildman–Crippen LogP) is 5.66. The van der Waals surface area contributed by atoms with E-state index in [4.69, 9.17) is 13.9 Å². The molecule has 31 heavy (non-hydrogen) atoms. The number of morpholine rings is 1. The molecule has 170 valence electrons. The Labute approximate surface area is 186 Å². The molecule has 0 atom stereocenters. The summed E-state index contributed by atoms with van der Waals surface area (Å²) in [5.74, 6) is 0.772. The molecule has 1 aliphatic rings. The molecule has 5 nitrogen and oxygen atoms in total. The van der Waals surface area contributed by atoms with E-state index in [-0.39, 0.29) is 16.6 Å². The molecule has 0 spiro atoms. The number of benzene rings is 2. The molecule has 0 aromatic heterocycles. The zero-order valence-electron chi connectivity index (χ0n) is 19.3. The molecule has 0 saturated carbocycles. The van der Waals surface area contributed by atoms with Gasteiger partial charge in [-0.3, -0.25) is 4.90 Å². The Balaban J connectivity index is 1.53. The number of hydrogen-bond donors (Lipinski definition) is 1. The maximum Gasteiger partial charge on any atom is 0.250 e. The van der Waals surface area contributed by atoms with Gasteiger partial charge in [0.05, 0.1) is 13.2 Å².